The fourth-order valence-corrected chi connectivity index (χ4v) is 4.09. The van der Waals surface area contributed by atoms with Crippen LogP contribution in [-0.2, 0) is 9.53 Å². The summed E-state index contributed by atoms with van der Waals surface area (Å²) in [5, 5.41) is 0. The molecule has 3 fully saturated rings. The van der Waals surface area contributed by atoms with E-state index in [9.17, 15) is 9.59 Å². The first-order valence-corrected chi connectivity index (χ1v) is 9.82. The zero-order valence-corrected chi connectivity index (χ0v) is 15.5. The molecule has 3 heterocycles. The summed E-state index contributed by atoms with van der Waals surface area (Å²) < 4.78 is 5.31. The molecule has 0 bridgehead atoms. The summed E-state index contributed by atoms with van der Waals surface area (Å²) in [7, 11) is 0. The molecule has 0 radical (unpaired) electrons. The Labute approximate surface area is 150 Å². The number of urea groups is 1. The lowest BCUT2D eigenvalue weighted by Gasteiger charge is -2.40. The van der Waals surface area contributed by atoms with Crippen molar-refractivity contribution in [1.29, 1.82) is 0 Å². The highest BCUT2D eigenvalue weighted by atomic mass is 16.5. The van der Waals surface area contributed by atoms with Crippen molar-refractivity contribution in [3.8, 4) is 0 Å². The summed E-state index contributed by atoms with van der Waals surface area (Å²) >= 11 is 0. The molecule has 0 aromatic rings. The van der Waals surface area contributed by atoms with E-state index in [1.54, 1.807) is 0 Å². The number of morpholine rings is 1. The lowest BCUT2D eigenvalue weighted by molar-refractivity contribution is -0.136. The molecule has 7 heteroatoms. The van der Waals surface area contributed by atoms with Crippen molar-refractivity contribution in [2.24, 2.45) is 0 Å². The van der Waals surface area contributed by atoms with Gasteiger partial charge in [-0.05, 0) is 25.7 Å². The van der Waals surface area contributed by atoms with Crippen LogP contribution in [0.15, 0.2) is 0 Å². The first kappa shape index (κ1) is 18.5. The summed E-state index contributed by atoms with van der Waals surface area (Å²) in [6.45, 7) is 9.20. The summed E-state index contributed by atoms with van der Waals surface area (Å²) in [5.41, 5.74) is 0. The van der Waals surface area contributed by atoms with E-state index in [2.05, 4.69) is 16.7 Å². The van der Waals surface area contributed by atoms with Gasteiger partial charge in [-0.1, -0.05) is 6.92 Å². The van der Waals surface area contributed by atoms with Crippen molar-refractivity contribution in [2.45, 2.75) is 38.6 Å². The Morgan fingerprint density at radius 1 is 0.920 bits per heavy atom. The smallest absolute Gasteiger partial charge is 0.320 e. The zero-order chi connectivity index (χ0) is 17.6. The SMILES string of the molecule is CCC1CCCCN1C(=O)CN1CCN(C(=O)N2CCOCC2)CC1. The van der Waals surface area contributed by atoms with Gasteiger partial charge in [-0.25, -0.2) is 4.79 Å². The van der Waals surface area contributed by atoms with E-state index in [0.29, 0.717) is 52.0 Å². The number of nitrogens with zero attached hydrogens (tertiary/aromatic N) is 4. The van der Waals surface area contributed by atoms with E-state index in [-0.39, 0.29) is 11.9 Å². The Morgan fingerprint density at radius 3 is 2.28 bits per heavy atom. The number of amides is 3. The van der Waals surface area contributed by atoms with Crippen LogP contribution in [0.4, 0.5) is 4.79 Å². The average Bonchev–Trinajstić information content (AvgIpc) is 2.68. The van der Waals surface area contributed by atoms with Gasteiger partial charge in [-0.15, -0.1) is 0 Å². The molecule has 25 heavy (non-hydrogen) atoms. The van der Waals surface area contributed by atoms with Crippen LogP contribution < -0.4 is 0 Å². The van der Waals surface area contributed by atoms with Gasteiger partial charge in [0, 0.05) is 51.9 Å². The predicted molar refractivity (Wildman–Crippen MR) is 95.4 cm³/mol. The zero-order valence-electron chi connectivity index (χ0n) is 15.5. The molecule has 7 nitrogen and oxygen atoms in total. The van der Waals surface area contributed by atoms with Crippen molar-refractivity contribution in [1.82, 2.24) is 19.6 Å². The van der Waals surface area contributed by atoms with E-state index in [1.807, 2.05) is 9.80 Å². The number of hydrogen-bond donors (Lipinski definition) is 0. The number of carbonyl (C=O) groups excluding carboxylic acids is 2. The van der Waals surface area contributed by atoms with Gasteiger partial charge in [0.05, 0.1) is 19.8 Å². The minimum absolute atomic E-state index is 0.122. The largest absolute Gasteiger partial charge is 0.378 e. The van der Waals surface area contributed by atoms with Gasteiger partial charge in [-0.3, -0.25) is 9.69 Å². The van der Waals surface area contributed by atoms with E-state index >= 15 is 0 Å². The topological polar surface area (TPSA) is 56.3 Å². The number of piperidine rings is 1. The summed E-state index contributed by atoms with van der Waals surface area (Å²) in [6, 6.07) is 0.543. The van der Waals surface area contributed by atoms with E-state index in [0.717, 1.165) is 38.9 Å². The van der Waals surface area contributed by atoms with Crippen LogP contribution in [0.1, 0.15) is 32.6 Å². The predicted octanol–water partition coefficient (Wildman–Crippen LogP) is 0.847. The summed E-state index contributed by atoms with van der Waals surface area (Å²) in [6.07, 6.45) is 4.56. The molecule has 1 unspecified atom stereocenters. The van der Waals surface area contributed by atoms with Gasteiger partial charge in [0.25, 0.3) is 0 Å². The van der Waals surface area contributed by atoms with Gasteiger partial charge in [0.15, 0.2) is 0 Å². The quantitative estimate of drug-likeness (QED) is 0.756. The van der Waals surface area contributed by atoms with Gasteiger partial charge in [0.1, 0.15) is 0 Å². The lowest BCUT2D eigenvalue weighted by Crippen LogP contribution is -2.56. The number of likely N-dealkylation sites (tertiary alicyclic amines) is 1. The van der Waals surface area contributed by atoms with E-state index < -0.39 is 0 Å². The van der Waals surface area contributed by atoms with Gasteiger partial charge >= 0.3 is 6.03 Å². The fourth-order valence-electron chi connectivity index (χ4n) is 4.09. The van der Waals surface area contributed by atoms with Crippen LogP contribution in [0, 0.1) is 0 Å². The molecule has 0 spiro atoms. The number of piperazine rings is 1. The average molecular weight is 352 g/mol. The Hall–Kier alpha value is -1.34. The summed E-state index contributed by atoms with van der Waals surface area (Å²) in [5.74, 6) is 0.263. The fraction of sp³-hybridized carbons (Fsp3) is 0.889. The van der Waals surface area contributed by atoms with Crippen molar-refractivity contribution >= 4 is 11.9 Å². The molecule has 0 aromatic heterocycles. The maximum absolute atomic E-state index is 12.7. The van der Waals surface area contributed by atoms with Crippen LogP contribution in [0.2, 0.25) is 0 Å². The normalized spacial score (nSPS) is 26.0. The van der Waals surface area contributed by atoms with Crippen LogP contribution in [-0.4, -0.2) is 103 Å². The molecule has 3 amide bonds. The van der Waals surface area contributed by atoms with Crippen LogP contribution in [0.25, 0.3) is 0 Å². The maximum atomic E-state index is 12.7. The first-order valence-electron chi connectivity index (χ1n) is 9.82. The third kappa shape index (κ3) is 4.64. The Kier molecular flexibility index (Phi) is 6.53. The molecule has 1 atom stereocenters. The minimum atomic E-state index is 0.122. The molecule has 3 saturated heterocycles. The highest BCUT2D eigenvalue weighted by Gasteiger charge is 2.30. The third-order valence-corrected chi connectivity index (χ3v) is 5.70. The molecule has 3 aliphatic heterocycles. The monoisotopic (exact) mass is 352 g/mol. The molecule has 3 aliphatic rings. The van der Waals surface area contributed by atoms with Gasteiger partial charge < -0.3 is 19.4 Å². The highest BCUT2D eigenvalue weighted by molar-refractivity contribution is 5.79. The van der Waals surface area contributed by atoms with Crippen molar-refractivity contribution in [2.75, 3.05) is 65.6 Å². The van der Waals surface area contributed by atoms with E-state index in [1.165, 1.54) is 6.42 Å². The van der Waals surface area contributed by atoms with Crippen LogP contribution in [0.5, 0.6) is 0 Å². The molecule has 142 valence electrons. The molecule has 0 N–H and O–H groups in total. The molecular weight excluding hydrogens is 320 g/mol. The highest BCUT2D eigenvalue weighted by Crippen LogP contribution is 2.20. The number of carbonyl (C=O) groups is 2. The number of rotatable bonds is 3. The number of ether oxygens (including phenoxy) is 1. The standard InChI is InChI=1S/C18H32N4O3/c1-2-16-5-3-4-6-22(16)17(23)15-19-7-9-20(10-8-19)18(24)21-11-13-25-14-12-21/h16H,2-15H2,1H3. The maximum Gasteiger partial charge on any atom is 0.320 e. The molecular formula is C18H32N4O3. The van der Waals surface area contributed by atoms with Crippen molar-refractivity contribution in [3.05, 3.63) is 0 Å². The van der Waals surface area contributed by atoms with Crippen molar-refractivity contribution in [3.63, 3.8) is 0 Å². The molecule has 3 rings (SSSR count). The Bertz CT molecular complexity index is 459. The second-order valence-electron chi connectivity index (χ2n) is 7.29. The number of hydrogen-bond acceptors (Lipinski definition) is 4. The van der Waals surface area contributed by atoms with Crippen molar-refractivity contribution < 1.29 is 14.3 Å². The first-order chi connectivity index (χ1) is 12.2. The second kappa shape index (κ2) is 8.85. The van der Waals surface area contributed by atoms with E-state index in [4.69, 9.17) is 4.74 Å². The Morgan fingerprint density at radius 2 is 1.60 bits per heavy atom. The molecule has 0 aromatic carbocycles. The second-order valence-corrected chi connectivity index (χ2v) is 7.29. The minimum Gasteiger partial charge on any atom is -0.378 e. The molecule has 0 aliphatic carbocycles. The summed E-state index contributed by atoms with van der Waals surface area (Å²) in [4.78, 5) is 33.3. The lowest BCUT2D eigenvalue weighted by atomic mass is 10.00. The Balaban J connectivity index is 1.44. The van der Waals surface area contributed by atoms with Gasteiger partial charge in [0.2, 0.25) is 5.91 Å². The van der Waals surface area contributed by atoms with Gasteiger partial charge in [-0.2, -0.15) is 0 Å². The third-order valence-electron chi connectivity index (χ3n) is 5.70. The molecule has 0 saturated carbocycles. The van der Waals surface area contributed by atoms with Crippen LogP contribution in [0.3, 0.4) is 0 Å². The van der Waals surface area contributed by atoms with Crippen LogP contribution >= 0.6 is 0 Å².